The normalized spacial score (nSPS) is 12.9. The zero-order chi connectivity index (χ0) is 59.9. The van der Waals surface area contributed by atoms with E-state index in [2.05, 4.69) is 136 Å². The van der Waals surface area contributed by atoms with Crippen LogP contribution in [0.25, 0.3) is 0 Å². The molecule has 0 rings (SSSR count). The number of allylic oxidation sites excluding steroid dienone is 20. The quantitative estimate of drug-likeness (QED) is 0.0261. The van der Waals surface area contributed by atoms with Crippen molar-refractivity contribution in [3.8, 4) is 0 Å². The van der Waals surface area contributed by atoms with Crippen LogP contribution in [0.15, 0.2) is 122 Å². The maximum Gasteiger partial charge on any atom is 0.306 e. The van der Waals surface area contributed by atoms with Gasteiger partial charge in [-0.2, -0.15) is 0 Å². The fraction of sp³-hybridized carbons (Fsp3) is 0.701. The van der Waals surface area contributed by atoms with E-state index in [0.29, 0.717) is 19.3 Å². The van der Waals surface area contributed by atoms with Crippen molar-refractivity contribution in [3.63, 3.8) is 0 Å². The first-order chi connectivity index (χ1) is 41.0. The third kappa shape index (κ3) is 68.5. The standard InChI is InChI=1S/C77H130O6/c1-4-7-10-13-16-19-22-25-27-29-31-33-35-36-37-38-39-40-42-43-45-47-49-52-55-58-61-64-67-70-76(79)82-73-74(72-81-75(78)69-66-63-60-57-54-51-24-21-18-15-12-9-6-3)83-77(80)71-68-65-62-59-56-53-50-48-46-44-41-34-32-30-28-26-23-20-17-14-11-8-5-2/h8-9,11-12,17-18,20-22,25-26,28-29,31-32,34,51,54,60,63,74H,4-7,10,13-16,19,23-24,27,30,33,35-50,52-53,55-59,61-62,64-73H2,1-3H3/b11-8-,12-9-,20-17-,21-18-,25-22-,28-26-,31-29-,34-32-,54-51-,63-60-. The molecule has 0 aliphatic rings. The summed E-state index contributed by atoms with van der Waals surface area (Å²) >= 11 is 0. The lowest BCUT2D eigenvalue weighted by molar-refractivity contribution is -0.166. The van der Waals surface area contributed by atoms with Crippen LogP contribution in [0.2, 0.25) is 0 Å². The Bertz CT molecular complexity index is 1700. The van der Waals surface area contributed by atoms with Gasteiger partial charge in [-0.25, -0.2) is 0 Å². The molecule has 0 aromatic heterocycles. The van der Waals surface area contributed by atoms with Crippen LogP contribution in [0.1, 0.15) is 329 Å². The second-order valence-electron chi connectivity index (χ2n) is 23.0. The number of rotatable bonds is 63. The number of carbonyl (C=O) groups is 3. The van der Waals surface area contributed by atoms with E-state index < -0.39 is 6.10 Å². The molecule has 0 bridgehead atoms. The molecule has 6 heteroatoms. The molecule has 0 heterocycles. The monoisotopic (exact) mass is 1150 g/mol. The number of carbonyl (C=O) groups excluding carboxylic acids is 3. The Morgan fingerprint density at radius 2 is 0.494 bits per heavy atom. The Kier molecular flexibility index (Phi) is 66.7. The second-order valence-corrected chi connectivity index (χ2v) is 23.0. The van der Waals surface area contributed by atoms with Gasteiger partial charge in [0.15, 0.2) is 6.10 Å². The van der Waals surface area contributed by atoms with Crippen molar-refractivity contribution in [1.82, 2.24) is 0 Å². The van der Waals surface area contributed by atoms with Crippen LogP contribution in [0.4, 0.5) is 0 Å². The molecule has 0 fully saturated rings. The van der Waals surface area contributed by atoms with E-state index in [0.717, 1.165) is 96.3 Å². The number of ether oxygens (including phenoxy) is 3. The molecule has 0 saturated carbocycles. The van der Waals surface area contributed by atoms with E-state index >= 15 is 0 Å². The van der Waals surface area contributed by atoms with Crippen LogP contribution >= 0.6 is 0 Å². The first-order valence-corrected chi connectivity index (χ1v) is 35.0. The van der Waals surface area contributed by atoms with E-state index in [9.17, 15) is 14.4 Å². The lowest BCUT2D eigenvalue weighted by atomic mass is 10.0. The van der Waals surface area contributed by atoms with Gasteiger partial charge in [-0.1, -0.05) is 316 Å². The molecule has 0 aromatic carbocycles. The first-order valence-electron chi connectivity index (χ1n) is 35.0. The van der Waals surface area contributed by atoms with E-state index in [4.69, 9.17) is 14.2 Å². The van der Waals surface area contributed by atoms with Crippen LogP contribution in [0.3, 0.4) is 0 Å². The lowest BCUT2D eigenvalue weighted by Gasteiger charge is -2.18. The molecule has 0 N–H and O–H groups in total. The van der Waals surface area contributed by atoms with Gasteiger partial charge in [0.1, 0.15) is 13.2 Å². The van der Waals surface area contributed by atoms with Crippen molar-refractivity contribution in [2.75, 3.05) is 13.2 Å². The minimum absolute atomic E-state index is 0.102. The molecule has 1 unspecified atom stereocenters. The minimum Gasteiger partial charge on any atom is -0.462 e. The SMILES string of the molecule is CC/C=C\C/C=C\C/C=C\C/C=C\CCCCCCCCCCCCC(=O)OC(COC(=O)CC/C=C\C/C=C\C/C=C\C/C=C\CC)COC(=O)CCCCCCCCCCCCCCCCCCC/C=C\C/C=C\CCCCCCC. The predicted octanol–water partition coefficient (Wildman–Crippen LogP) is 24.3. The van der Waals surface area contributed by atoms with E-state index in [1.165, 1.54) is 186 Å². The van der Waals surface area contributed by atoms with Crippen molar-refractivity contribution in [2.45, 2.75) is 335 Å². The molecule has 0 spiro atoms. The maximum absolute atomic E-state index is 12.9. The fourth-order valence-electron chi connectivity index (χ4n) is 9.77. The summed E-state index contributed by atoms with van der Waals surface area (Å²) in [6.45, 7) is 6.36. The molecule has 1 atom stereocenters. The van der Waals surface area contributed by atoms with Gasteiger partial charge in [-0.05, 0) is 116 Å². The molecule has 0 radical (unpaired) electrons. The zero-order valence-electron chi connectivity index (χ0n) is 54.4. The molecule has 0 aliphatic carbocycles. The van der Waals surface area contributed by atoms with Gasteiger partial charge in [-0.3, -0.25) is 14.4 Å². The van der Waals surface area contributed by atoms with Crippen LogP contribution in [-0.2, 0) is 28.6 Å². The number of hydrogen-bond acceptors (Lipinski definition) is 6. The Morgan fingerprint density at radius 1 is 0.253 bits per heavy atom. The lowest BCUT2D eigenvalue weighted by Crippen LogP contribution is -2.30. The van der Waals surface area contributed by atoms with Crippen LogP contribution < -0.4 is 0 Å². The summed E-state index contributed by atoms with van der Waals surface area (Å²) in [6, 6.07) is 0. The topological polar surface area (TPSA) is 78.9 Å². The van der Waals surface area contributed by atoms with Gasteiger partial charge in [0.2, 0.25) is 0 Å². The van der Waals surface area contributed by atoms with Gasteiger partial charge in [0.05, 0.1) is 0 Å². The van der Waals surface area contributed by atoms with Gasteiger partial charge >= 0.3 is 17.9 Å². The summed E-state index contributed by atoms with van der Waals surface area (Å²) < 4.78 is 16.9. The highest BCUT2D eigenvalue weighted by Gasteiger charge is 2.19. The molecule has 0 aromatic rings. The third-order valence-corrected chi connectivity index (χ3v) is 14.9. The average molecular weight is 1150 g/mol. The number of hydrogen-bond donors (Lipinski definition) is 0. The number of esters is 3. The summed E-state index contributed by atoms with van der Waals surface area (Å²) in [5.41, 5.74) is 0. The van der Waals surface area contributed by atoms with Crippen LogP contribution in [0.5, 0.6) is 0 Å². The Hall–Kier alpha value is -4.19. The highest BCUT2D eigenvalue weighted by molar-refractivity contribution is 5.71. The largest absolute Gasteiger partial charge is 0.462 e. The molecular weight excluding hydrogens is 1020 g/mol. The van der Waals surface area contributed by atoms with Crippen LogP contribution in [-0.4, -0.2) is 37.2 Å². The summed E-state index contributed by atoms with van der Waals surface area (Å²) in [5.74, 6) is -0.982. The highest BCUT2D eigenvalue weighted by atomic mass is 16.6. The first kappa shape index (κ1) is 78.8. The van der Waals surface area contributed by atoms with Crippen molar-refractivity contribution in [3.05, 3.63) is 122 Å². The molecule has 6 nitrogen and oxygen atoms in total. The molecule has 0 saturated heterocycles. The average Bonchev–Trinajstić information content (AvgIpc) is 3.49. The summed E-state index contributed by atoms with van der Waals surface area (Å²) in [6.07, 6.45) is 98.2. The van der Waals surface area contributed by atoms with Crippen LogP contribution in [0, 0.1) is 0 Å². The maximum atomic E-state index is 12.9. The van der Waals surface area contributed by atoms with Crippen molar-refractivity contribution in [1.29, 1.82) is 0 Å². The predicted molar refractivity (Wildman–Crippen MR) is 362 cm³/mol. The van der Waals surface area contributed by atoms with Crippen molar-refractivity contribution >= 4 is 17.9 Å². The number of unbranched alkanes of at least 4 members (excludes halogenated alkanes) is 32. The van der Waals surface area contributed by atoms with E-state index in [1.54, 1.807) is 0 Å². The van der Waals surface area contributed by atoms with Gasteiger partial charge in [-0.15, -0.1) is 0 Å². The summed E-state index contributed by atoms with van der Waals surface area (Å²) in [4.78, 5) is 38.4. The third-order valence-electron chi connectivity index (χ3n) is 14.9. The second kappa shape index (κ2) is 70.3. The summed E-state index contributed by atoms with van der Waals surface area (Å²) in [5, 5.41) is 0. The Labute approximate surface area is 513 Å². The Balaban J connectivity index is 4.29. The molecule has 0 amide bonds. The smallest absolute Gasteiger partial charge is 0.306 e. The summed E-state index contributed by atoms with van der Waals surface area (Å²) in [7, 11) is 0. The minimum atomic E-state index is -0.813. The molecule has 0 aliphatic heterocycles. The molecule has 83 heavy (non-hydrogen) atoms. The van der Waals surface area contributed by atoms with Gasteiger partial charge < -0.3 is 14.2 Å². The zero-order valence-corrected chi connectivity index (χ0v) is 54.4. The van der Waals surface area contributed by atoms with Gasteiger partial charge in [0, 0.05) is 19.3 Å². The molecular formula is C77H130O6. The van der Waals surface area contributed by atoms with E-state index in [-0.39, 0.29) is 37.5 Å². The highest BCUT2D eigenvalue weighted by Crippen LogP contribution is 2.17. The molecule has 474 valence electrons. The van der Waals surface area contributed by atoms with Crippen molar-refractivity contribution < 1.29 is 28.6 Å². The fourth-order valence-corrected chi connectivity index (χ4v) is 9.77. The van der Waals surface area contributed by atoms with Gasteiger partial charge in [0.25, 0.3) is 0 Å². The Morgan fingerprint density at radius 3 is 0.807 bits per heavy atom. The van der Waals surface area contributed by atoms with Crippen molar-refractivity contribution in [2.24, 2.45) is 0 Å². The van der Waals surface area contributed by atoms with E-state index in [1.807, 2.05) is 6.08 Å².